The van der Waals surface area contributed by atoms with Crippen LogP contribution >= 0.6 is 0 Å². The molecule has 8 nitrogen and oxygen atoms in total. The van der Waals surface area contributed by atoms with Crippen molar-refractivity contribution in [1.82, 2.24) is 5.32 Å². The lowest BCUT2D eigenvalue weighted by atomic mass is 10.1. The zero-order valence-electron chi connectivity index (χ0n) is 20.0. The molecule has 0 heterocycles. The van der Waals surface area contributed by atoms with Gasteiger partial charge in [-0.05, 0) is 80.1 Å². The van der Waals surface area contributed by atoms with Crippen LogP contribution in [0.4, 0.5) is 10.1 Å². The van der Waals surface area contributed by atoms with Crippen molar-refractivity contribution in [2.45, 2.75) is 29.7 Å². The van der Waals surface area contributed by atoms with Crippen molar-refractivity contribution in [3.63, 3.8) is 0 Å². The molecule has 0 aliphatic carbocycles. The minimum absolute atomic E-state index is 0.150. The molecular weight excluding hydrogens is 507 g/mol. The minimum Gasteiger partial charge on any atom is -0.494 e. The van der Waals surface area contributed by atoms with Gasteiger partial charge in [0.05, 0.1) is 28.1 Å². The zero-order valence-corrected chi connectivity index (χ0v) is 21.6. The molecule has 1 amide bonds. The molecule has 192 valence electrons. The second-order valence-electron chi connectivity index (χ2n) is 8.02. The summed E-state index contributed by atoms with van der Waals surface area (Å²) in [5.74, 6) is -0.639. The van der Waals surface area contributed by atoms with Gasteiger partial charge in [0.2, 0.25) is 5.91 Å². The molecular formula is C25H27FN2O6S2. The Morgan fingerprint density at radius 1 is 0.917 bits per heavy atom. The quantitative estimate of drug-likeness (QED) is 0.425. The summed E-state index contributed by atoms with van der Waals surface area (Å²) >= 11 is 0. The summed E-state index contributed by atoms with van der Waals surface area (Å²) in [7, 11) is -7.58. The largest absolute Gasteiger partial charge is 0.494 e. The molecule has 1 N–H and O–H groups in total. The average Bonchev–Trinajstić information content (AvgIpc) is 2.83. The SMILES string of the molecule is CCOc1ccc(N(CC(=O)N[C@@H](C)c2ccc(S(C)(=O)=O)cc2)S(=O)(=O)c2ccc(F)cc2)cc1. The number of hydrogen-bond acceptors (Lipinski definition) is 6. The van der Waals surface area contributed by atoms with Crippen LogP contribution in [0.5, 0.6) is 5.75 Å². The lowest BCUT2D eigenvalue weighted by Crippen LogP contribution is -2.41. The summed E-state index contributed by atoms with van der Waals surface area (Å²) in [4.78, 5) is 12.9. The van der Waals surface area contributed by atoms with E-state index >= 15 is 0 Å². The Morgan fingerprint density at radius 2 is 1.47 bits per heavy atom. The summed E-state index contributed by atoms with van der Waals surface area (Å²) in [6.07, 6.45) is 1.10. The van der Waals surface area contributed by atoms with Crippen molar-refractivity contribution in [3.8, 4) is 5.75 Å². The van der Waals surface area contributed by atoms with Gasteiger partial charge in [0.25, 0.3) is 10.0 Å². The molecule has 0 saturated heterocycles. The van der Waals surface area contributed by atoms with Crippen LogP contribution in [0.25, 0.3) is 0 Å². The van der Waals surface area contributed by atoms with Gasteiger partial charge in [0, 0.05) is 6.26 Å². The first kappa shape index (κ1) is 27.2. The second kappa shape index (κ2) is 11.1. The van der Waals surface area contributed by atoms with Crippen molar-refractivity contribution in [1.29, 1.82) is 0 Å². The normalized spacial score (nSPS) is 12.6. The maximum Gasteiger partial charge on any atom is 0.264 e. The van der Waals surface area contributed by atoms with Crippen LogP contribution in [-0.2, 0) is 24.7 Å². The number of rotatable bonds is 10. The number of carbonyl (C=O) groups excluding carboxylic acids is 1. The molecule has 0 radical (unpaired) electrons. The number of nitrogens with zero attached hydrogens (tertiary/aromatic N) is 1. The van der Waals surface area contributed by atoms with Crippen LogP contribution < -0.4 is 14.4 Å². The average molecular weight is 535 g/mol. The lowest BCUT2D eigenvalue weighted by molar-refractivity contribution is -0.120. The van der Waals surface area contributed by atoms with E-state index in [1.165, 1.54) is 24.3 Å². The molecule has 3 aromatic carbocycles. The molecule has 11 heteroatoms. The van der Waals surface area contributed by atoms with Crippen molar-refractivity contribution in [2.75, 3.05) is 23.7 Å². The number of anilines is 1. The van der Waals surface area contributed by atoms with E-state index in [1.807, 2.05) is 6.92 Å². The van der Waals surface area contributed by atoms with Crippen LogP contribution in [0.3, 0.4) is 0 Å². The number of halogens is 1. The van der Waals surface area contributed by atoms with Crippen molar-refractivity contribution >= 4 is 31.5 Å². The number of amides is 1. The molecule has 0 aromatic heterocycles. The lowest BCUT2D eigenvalue weighted by Gasteiger charge is -2.25. The van der Waals surface area contributed by atoms with E-state index in [4.69, 9.17) is 4.74 Å². The first-order chi connectivity index (χ1) is 16.9. The molecule has 3 aromatic rings. The summed E-state index contributed by atoms with van der Waals surface area (Å²) in [6, 6.07) is 16.1. The fraction of sp³-hybridized carbons (Fsp3) is 0.240. The van der Waals surface area contributed by atoms with Gasteiger partial charge in [-0.1, -0.05) is 12.1 Å². The Morgan fingerprint density at radius 3 is 2.00 bits per heavy atom. The first-order valence-corrected chi connectivity index (χ1v) is 14.4. The number of sulfone groups is 1. The van der Waals surface area contributed by atoms with Gasteiger partial charge < -0.3 is 10.1 Å². The molecule has 0 fully saturated rings. The van der Waals surface area contributed by atoms with Crippen LogP contribution in [0, 0.1) is 5.82 Å². The highest BCUT2D eigenvalue weighted by Crippen LogP contribution is 2.26. The van der Waals surface area contributed by atoms with E-state index in [1.54, 1.807) is 31.2 Å². The van der Waals surface area contributed by atoms with Crippen LogP contribution in [-0.4, -0.2) is 42.2 Å². The predicted molar refractivity (Wildman–Crippen MR) is 135 cm³/mol. The maximum absolute atomic E-state index is 13.4. The molecule has 36 heavy (non-hydrogen) atoms. The molecule has 0 saturated carbocycles. The number of nitrogens with one attached hydrogen (secondary N) is 1. The molecule has 0 aliphatic rings. The first-order valence-electron chi connectivity index (χ1n) is 11.0. The standard InChI is InChI=1S/C25H27FN2O6S2/c1-4-34-22-11-9-21(10-12-22)28(36(32,33)24-15-7-20(26)8-16-24)17-25(29)27-18(2)19-5-13-23(14-6-19)35(3,30)31/h5-16,18H,4,17H2,1-3H3,(H,27,29)/t18-/m0/s1. The van der Waals surface area contributed by atoms with E-state index in [0.717, 1.165) is 34.8 Å². The molecule has 0 bridgehead atoms. The smallest absolute Gasteiger partial charge is 0.264 e. The van der Waals surface area contributed by atoms with Gasteiger partial charge >= 0.3 is 0 Å². The summed E-state index contributed by atoms with van der Waals surface area (Å²) in [6.45, 7) is 3.41. The third-order valence-corrected chi connectivity index (χ3v) is 8.23. The van der Waals surface area contributed by atoms with Gasteiger partial charge in [-0.25, -0.2) is 21.2 Å². The number of hydrogen-bond donors (Lipinski definition) is 1. The van der Waals surface area contributed by atoms with Gasteiger partial charge in [0.1, 0.15) is 18.1 Å². The topological polar surface area (TPSA) is 110 Å². The van der Waals surface area contributed by atoms with Crippen LogP contribution in [0.2, 0.25) is 0 Å². The number of ether oxygens (including phenoxy) is 1. The Balaban J connectivity index is 1.86. The number of sulfonamides is 1. The van der Waals surface area contributed by atoms with Crippen molar-refractivity contribution in [2.24, 2.45) is 0 Å². The number of benzene rings is 3. The minimum atomic E-state index is -4.22. The maximum atomic E-state index is 13.4. The molecule has 1 atom stereocenters. The zero-order chi connectivity index (χ0) is 26.5. The van der Waals surface area contributed by atoms with E-state index < -0.39 is 44.2 Å². The van der Waals surface area contributed by atoms with Gasteiger partial charge in [-0.3, -0.25) is 9.10 Å². The highest BCUT2D eigenvalue weighted by molar-refractivity contribution is 7.93. The van der Waals surface area contributed by atoms with Gasteiger partial charge in [0.15, 0.2) is 9.84 Å². The Labute approximate surface area is 210 Å². The third-order valence-electron chi connectivity index (χ3n) is 5.31. The van der Waals surface area contributed by atoms with Crippen LogP contribution in [0.15, 0.2) is 82.6 Å². The summed E-state index contributed by atoms with van der Waals surface area (Å²) in [5, 5.41) is 2.74. The number of carbonyl (C=O) groups is 1. The fourth-order valence-electron chi connectivity index (χ4n) is 3.43. The Kier molecular flexibility index (Phi) is 8.36. The molecule has 3 rings (SSSR count). The second-order valence-corrected chi connectivity index (χ2v) is 11.9. The third kappa shape index (κ3) is 6.61. The molecule has 0 spiro atoms. The van der Waals surface area contributed by atoms with E-state index in [2.05, 4.69) is 5.32 Å². The Hall–Kier alpha value is -3.44. The highest BCUT2D eigenvalue weighted by atomic mass is 32.2. The van der Waals surface area contributed by atoms with E-state index in [-0.39, 0.29) is 15.5 Å². The van der Waals surface area contributed by atoms with Gasteiger partial charge in [-0.15, -0.1) is 0 Å². The summed E-state index contributed by atoms with van der Waals surface area (Å²) < 4.78 is 69.9. The highest BCUT2D eigenvalue weighted by Gasteiger charge is 2.28. The predicted octanol–water partition coefficient (Wildman–Crippen LogP) is 3.70. The van der Waals surface area contributed by atoms with E-state index in [9.17, 15) is 26.0 Å². The van der Waals surface area contributed by atoms with E-state index in [0.29, 0.717) is 17.9 Å². The van der Waals surface area contributed by atoms with Crippen LogP contribution in [0.1, 0.15) is 25.5 Å². The summed E-state index contributed by atoms with van der Waals surface area (Å²) in [5.41, 5.74) is 0.868. The van der Waals surface area contributed by atoms with Crippen molar-refractivity contribution in [3.05, 3.63) is 84.2 Å². The Bertz CT molecular complexity index is 1410. The molecule has 0 unspecified atom stereocenters. The van der Waals surface area contributed by atoms with Gasteiger partial charge in [-0.2, -0.15) is 0 Å². The monoisotopic (exact) mass is 534 g/mol. The van der Waals surface area contributed by atoms with Crippen molar-refractivity contribution < 1.29 is 30.8 Å². The fourth-order valence-corrected chi connectivity index (χ4v) is 5.48. The molecule has 0 aliphatic heterocycles.